The first-order valence-corrected chi connectivity index (χ1v) is 12.7. The zero-order valence-electron chi connectivity index (χ0n) is 22.4. The number of nitrogens with two attached hydrogens (primary N) is 1. The van der Waals surface area contributed by atoms with Crippen LogP contribution in [0.2, 0.25) is 5.82 Å². The van der Waals surface area contributed by atoms with Gasteiger partial charge in [0.25, 0.3) is 5.91 Å². The maximum atomic E-state index is 13.4. The minimum atomic E-state index is -1.38. The van der Waals surface area contributed by atoms with E-state index in [1.54, 1.807) is 12.1 Å². The number of hydrogen-bond acceptors (Lipinski definition) is 10. The second-order valence-electron chi connectivity index (χ2n) is 9.94. The van der Waals surface area contributed by atoms with E-state index in [4.69, 9.17) is 15.0 Å². The van der Waals surface area contributed by atoms with Crippen molar-refractivity contribution in [3.05, 3.63) is 54.2 Å². The fourth-order valence-corrected chi connectivity index (χ4v) is 4.41. The fourth-order valence-electron chi connectivity index (χ4n) is 4.41. The summed E-state index contributed by atoms with van der Waals surface area (Å²) in [7, 11) is -0.00267. The van der Waals surface area contributed by atoms with E-state index in [1.807, 2.05) is 44.2 Å². The number of aliphatic hydroxyl groups excluding tert-OH is 1. The lowest BCUT2D eigenvalue weighted by Gasteiger charge is -2.24. The zero-order chi connectivity index (χ0) is 28.7. The van der Waals surface area contributed by atoms with Crippen LogP contribution in [0.5, 0.6) is 0 Å². The Morgan fingerprint density at radius 3 is 2.44 bits per heavy atom. The minimum Gasteiger partial charge on any atom is -0.507 e. The van der Waals surface area contributed by atoms with Crippen molar-refractivity contribution in [2.24, 2.45) is 11.7 Å². The van der Waals surface area contributed by atoms with Crippen molar-refractivity contribution in [3.8, 4) is 11.3 Å². The molecule has 4 N–H and O–H groups in total. The molecule has 5 atom stereocenters. The molecule has 1 aliphatic rings. The van der Waals surface area contributed by atoms with Crippen LogP contribution in [-0.2, 0) is 28.4 Å². The first-order chi connectivity index (χ1) is 18.5. The van der Waals surface area contributed by atoms with E-state index in [2.05, 4.69) is 15.0 Å². The summed E-state index contributed by atoms with van der Waals surface area (Å²) in [5.74, 6) is -3.31. The highest BCUT2D eigenvalue weighted by atomic mass is 16.7. The second-order valence-corrected chi connectivity index (χ2v) is 9.94. The van der Waals surface area contributed by atoms with Gasteiger partial charge in [-0.25, -0.2) is 4.98 Å². The number of aliphatic hydroxyl groups is 1. The summed E-state index contributed by atoms with van der Waals surface area (Å²) >= 11 is 0. The molecule has 0 bridgehead atoms. The number of nitrogens with one attached hydrogen (secondary N) is 1. The van der Waals surface area contributed by atoms with Crippen LogP contribution in [-0.4, -0.2) is 72.2 Å². The van der Waals surface area contributed by atoms with Gasteiger partial charge in [0.2, 0.25) is 0 Å². The normalized spacial score (nSPS) is 18.2. The van der Waals surface area contributed by atoms with Gasteiger partial charge in [0.15, 0.2) is 11.9 Å². The number of hydrogen-bond donors (Lipinski definition) is 3. The van der Waals surface area contributed by atoms with Gasteiger partial charge in [0.05, 0.1) is 18.9 Å². The van der Waals surface area contributed by atoms with Gasteiger partial charge >= 0.3 is 19.1 Å². The van der Waals surface area contributed by atoms with Gasteiger partial charge in [-0.05, 0) is 31.4 Å². The lowest BCUT2D eigenvalue weighted by atomic mass is 9.65. The lowest BCUT2D eigenvalue weighted by molar-refractivity contribution is -0.149. The van der Waals surface area contributed by atoms with Crippen molar-refractivity contribution in [3.63, 3.8) is 0 Å². The molecule has 1 aromatic carbocycles. The van der Waals surface area contributed by atoms with Gasteiger partial charge in [-0.1, -0.05) is 50.2 Å². The molecule has 0 radical (unpaired) electrons. The predicted octanol–water partition coefficient (Wildman–Crippen LogP) is 1.53. The molecule has 208 valence electrons. The summed E-state index contributed by atoms with van der Waals surface area (Å²) in [6.07, 6.45) is -2.34. The Morgan fingerprint density at radius 1 is 1.13 bits per heavy atom. The molecule has 39 heavy (non-hydrogen) atoms. The average molecular weight is 539 g/mol. The summed E-state index contributed by atoms with van der Waals surface area (Å²) in [5.41, 5.74) is 7.27. The lowest BCUT2D eigenvalue weighted by Crippen LogP contribution is -2.49. The van der Waals surface area contributed by atoms with Gasteiger partial charge < -0.3 is 30.2 Å². The number of esters is 1. The standard InChI is InChI=1S/C27H34BN3O8/c1-15(2)13-18(28-38-24(27(36)39-28)22(29)26(35)37-4)14-21(33)23(16(3)32)31-25(34)20-12-8-11-19(30-20)17-9-6-5-7-10-17/h5-12,15-16,18,22-24,32H,13-14,29H2,1-4H3,(H,31,34)/t16-,18-,22-,23+,24-/m1/s1. The van der Waals surface area contributed by atoms with E-state index >= 15 is 0 Å². The van der Waals surface area contributed by atoms with E-state index in [9.17, 15) is 24.3 Å². The molecule has 2 aromatic rings. The van der Waals surface area contributed by atoms with Crippen molar-refractivity contribution in [1.82, 2.24) is 10.3 Å². The molecule has 1 aliphatic heterocycles. The van der Waals surface area contributed by atoms with Gasteiger partial charge in [-0.15, -0.1) is 0 Å². The Hall–Kier alpha value is -3.61. The third kappa shape index (κ3) is 7.72. The van der Waals surface area contributed by atoms with Crippen LogP contribution in [0, 0.1) is 5.92 Å². The first kappa shape index (κ1) is 29.9. The van der Waals surface area contributed by atoms with Crippen molar-refractivity contribution >= 4 is 30.7 Å². The molecule has 0 spiro atoms. The topological polar surface area (TPSA) is 167 Å². The van der Waals surface area contributed by atoms with E-state index in [0.717, 1.165) is 12.7 Å². The maximum absolute atomic E-state index is 13.4. The number of nitrogens with zero attached hydrogens (tertiary/aromatic N) is 1. The summed E-state index contributed by atoms with van der Waals surface area (Å²) in [6, 6.07) is 11.6. The Labute approximate surface area is 227 Å². The summed E-state index contributed by atoms with van der Waals surface area (Å²) < 4.78 is 15.6. The molecular weight excluding hydrogens is 505 g/mol. The minimum absolute atomic E-state index is 0.0845. The number of methoxy groups -OCH3 is 1. The van der Waals surface area contributed by atoms with E-state index < -0.39 is 60.9 Å². The van der Waals surface area contributed by atoms with Crippen LogP contribution < -0.4 is 11.1 Å². The Bertz CT molecular complexity index is 1180. The Kier molecular flexibility index (Phi) is 10.3. The Morgan fingerprint density at radius 2 is 1.82 bits per heavy atom. The molecular formula is C27H34BN3O8. The molecule has 0 unspecified atom stereocenters. The average Bonchev–Trinajstić information content (AvgIpc) is 3.31. The first-order valence-electron chi connectivity index (χ1n) is 12.7. The monoisotopic (exact) mass is 539 g/mol. The molecule has 3 rings (SSSR count). The zero-order valence-corrected chi connectivity index (χ0v) is 22.4. The third-order valence-corrected chi connectivity index (χ3v) is 6.33. The van der Waals surface area contributed by atoms with Crippen molar-refractivity contribution < 1.29 is 38.3 Å². The van der Waals surface area contributed by atoms with Crippen LogP contribution in [0.3, 0.4) is 0 Å². The van der Waals surface area contributed by atoms with Crippen molar-refractivity contribution in [2.45, 2.75) is 63.7 Å². The number of ether oxygens (including phenoxy) is 1. The number of ketones is 1. The number of aromatic nitrogens is 1. The number of benzene rings is 1. The number of rotatable bonds is 12. The molecule has 0 saturated carbocycles. The van der Waals surface area contributed by atoms with Crippen molar-refractivity contribution in [2.75, 3.05) is 7.11 Å². The molecule has 11 nitrogen and oxygen atoms in total. The number of carbonyl (C=O) groups excluding carboxylic acids is 4. The van der Waals surface area contributed by atoms with Gasteiger partial charge in [0.1, 0.15) is 17.8 Å². The largest absolute Gasteiger partial charge is 0.531 e. The summed E-state index contributed by atoms with van der Waals surface area (Å²) in [5, 5.41) is 13.0. The smallest absolute Gasteiger partial charge is 0.507 e. The summed E-state index contributed by atoms with van der Waals surface area (Å²) in [6.45, 7) is 5.24. The SMILES string of the molecule is COC(=O)[C@H](N)[C@H]1OB([C@@H](CC(=O)[C@@H](NC(=O)c2cccc(-c3ccccc3)n2)[C@@H](C)O)CC(C)C)OC1=O. The molecule has 1 fully saturated rings. The molecule has 1 amide bonds. The number of pyridine rings is 1. The summed E-state index contributed by atoms with van der Waals surface area (Å²) in [4.78, 5) is 55.0. The number of amides is 1. The fraction of sp³-hybridized carbons (Fsp3) is 0.444. The van der Waals surface area contributed by atoms with E-state index in [0.29, 0.717) is 12.1 Å². The van der Waals surface area contributed by atoms with Crippen LogP contribution >= 0.6 is 0 Å². The van der Waals surface area contributed by atoms with Crippen LogP contribution in [0.4, 0.5) is 0 Å². The molecule has 1 saturated heterocycles. The van der Waals surface area contributed by atoms with E-state index in [-0.39, 0.29) is 18.0 Å². The van der Waals surface area contributed by atoms with Crippen LogP contribution in [0.25, 0.3) is 11.3 Å². The number of Topliss-reactive ketones (excluding diaryl/α,β-unsaturated/α-hetero) is 1. The van der Waals surface area contributed by atoms with Gasteiger partial charge in [0, 0.05) is 17.8 Å². The third-order valence-electron chi connectivity index (χ3n) is 6.33. The predicted molar refractivity (Wildman–Crippen MR) is 142 cm³/mol. The molecule has 1 aromatic heterocycles. The molecule has 2 heterocycles. The highest BCUT2D eigenvalue weighted by molar-refractivity contribution is 6.51. The highest BCUT2D eigenvalue weighted by Gasteiger charge is 2.50. The van der Waals surface area contributed by atoms with Crippen LogP contribution in [0.15, 0.2) is 48.5 Å². The van der Waals surface area contributed by atoms with Crippen LogP contribution in [0.1, 0.15) is 44.1 Å². The van der Waals surface area contributed by atoms with E-state index in [1.165, 1.54) is 13.0 Å². The quantitative estimate of drug-likeness (QED) is 0.266. The van der Waals surface area contributed by atoms with Crippen molar-refractivity contribution in [1.29, 1.82) is 0 Å². The molecule has 0 aliphatic carbocycles. The van der Waals surface area contributed by atoms with Gasteiger partial charge in [-0.2, -0.15) is 0 Å². The van der Waals surface area contributed by atoms with Gasteiger partial charge in [-0.3, -0.25) is 19.2 Å². The Balaban J connectivity index is 1.74. The highest BCUT2D eigenvalue weighted by Crippen LogP contribution is 2.32. The second kappa shape index (κ2) is 13.5. The maximum Gasteiger partial charge on any atom is 0.531 e. The number of carbonyl (C=O) groups is 4. The molecule has 12 heteroatoms.